The first-order valence-corrected chi connectivity index (χ1v) is 8.54. The van der Waals surface area contributed by atoms with Gasteiger partial charge in [-0.05, 0) is 28.1 Å². The molecule has 1 aromatic carbocycles. The van der Waals surface area contributed by atoms with Crippen LogP contribution < -0.4 is 0 Å². The van der Waals surface area contributed by atoms with Gasteiger partial charge in [0.2, 0.25) is 0 Å². The predicted octanol–water partition coefficient (Wildman–Crippen LogP) is 3.27. The summed E-state index contributed by atoms with van der Waals surface area (Å²) < 4.78 is 1.82. The quantitative estimate of drug-likeness (QED) is 0.726. The average Bonchev–Trinajstić information content (AvgIpc) is 3.24. The Balaban J connectivity index is 1.72. The van der Waals surface area contributed by atoms with Crippen LogP contribution in [0.3, 0.4) is 0 Å². The van der Waals surface area contributed by atoms with Crippen molar-refractivity contribution in [3.63, 3.8) is 0 Å². The van der Waals surface area contributed by atoms with E-state index in [1.807, 2.05) is 51.9 Å². The zero-order valence-electron chi connectivity index (χ0n) is 12.8. The molecule has 4 rings (SSSR count). The van der Waals surface area contributed by atoms with Gasteiger partial charge in [-0.3, -0.25) is 9.48 Å². The van der Waals surface area contributed by atoms with Gasteiger partial charge in [0.25, 0.3) is 5.91 Å². The maximum atomic E-state index is 12.8. The molecule has 1 atom stereocenters. The summed E-state index contributed by atoms with van der Waals surface area (Å²) in [6.45, 7) is 1.36. The topological polar surface area (TPSA) is 38.1 Å². The molecule has 1 aliphatic heterocycles. The fourth-order valence-corrected chi connectivity index (χ4v) is 3.87. The van der Waals surface area contributed by atoms with Gasteiger partial charge in [0.05, 0.1) is 11.8 Å². The number of rotatable bonds is 2. The monoisotopic (exact) mass is 323 g/mol. The largest absolute Gasteiger partial charge is 0.333 e. The number of benzene rings is 1. The lowest BCUT2D eigenvalue weighted by molar-refractivity contribution is 0.0725. The second-order valence-electron chi connectivity index (χ2n) is 5.90. The Morgan fingerprint density at radius 3 is 2.91 bits per heavy atom. The predicted molar refractivity (Wildman–Crippen MR) is 90.6 cm³/mol. The molecule has 0 fully saturated rings. The Morgan fingerprint density at radius 1 is 1.30 bits per heavy atom. The molecule has 0 N–H and O–H groups in total. The van der Waals surface area contributed by atoms with Gasteiger partial charge in [-0.1, -0.05) is 24.3 Å². The van der Waals surface area contributed by atoms with Gasteiger partial charge < -0.3 is 4.90 Å². The number of aromatic nitrogens is 2. The van der Waals surface area contributed by atoms with Crippen LogP contribution in [0.25, 0.3) is 0 Å². The summed E-state index contributed by atoms with van der Waals surface area (Å²) in [7, 11) is 1.92. The first-order chi connectivity index (χ1) is 11.2. The number of amides is 1. The van der Waals surface area contributed by atoms with Gasteiger partial charge >= 0.3 is 0 Å². The van der Waals surface area contributed by atoms with E-state index in [0.717, 1.165) is 11.1 Å². The molecular weight excluding hydrogens is 306 g/mol. The van der Waals surface area contributed by atoms with Gasteiger partial charge in [0, 0.05) is 37.6 Å². The molecule has 0 bridgehead atoms. The van der Waals surface area contributed by atoms with Crippen molar-refractivity contribution in [3.8, 4) is 0 Å². The van der Waals surface area contributed by atoms with E-state index < -0.39 is 0 Å². The summed E-state index contributed by atoms with van der Waals surface area (Å²) >= 11 is 1.56. The van der Waals surface area contributed by atoms with E-state index in [0.29, 0.717) is 13.1 Å². The average molecular weight is 323 g/mol. The Hall–Kier alpha value is -2.40. The minimum Gasteiger partial charge on any atom is -0.333 e. The van der Waals surface area contributed by atoms with Gasteiger partial charge in [-0.2, -0.15) is 16.4 Å². The lowest BCUT2D eigenvalue weighted by Gasteiger charge is -2.34. The Morgan fingerprint density at radius 2 is 2.17 bits per heavy atom. The summed E-state index contributed by atoms with van der Waals surface area (Å²) in [4.78, 5) is 14.7. The van der Waals surface area contributed by atoms with E-state index >= 15 is 0 Å². The van der Waals surface area contributed by atoms with E-state index in [9.17, 15) is 4.79 Å². The van der Waals surface area contributed by atoms with Crippen LogP contribution in [0.4, 0.5) is 0 Å². The van der Waals surface area contributed by atoms with Crippen molar-refractivity contribution in [2.45, 2.75) is 12.5 Å². The third-order valence-corrected chi connectivity index (χ3v) is 5.06. The van der Waals surface area contributed by atoms with Crippen molar-refractivity contribution in [1.29, 1.82) is 0 Å². The fourth-order valence-electron chi connectivity index (χ4n) is 3.24. The third-order valence-electron chi connectivity index (χ3n) is 4.38. The summed E-state index contributed by atoms with van der Waals surface area (Å²) in [5.41, 5.74) is 4.45. The molecule has 116 valence electrons. The van der Waals surface area contributed by atoms with Gasteiger partial charge in [0.1, 0.15) is 0 Å². The molecule has 0 saturated carbocycles. The molecule has 4 nitrogen and oxygen atoms in total. The Labute approximate surface area is 139 Å². The SMILES string of the molecule is Cn1cc([C@@H]2CN(C(=O)c3ccsc3)Cc3ccccc32)cn1. The smallest absolute Gasteiger partial charge is 0.255 e. The van der Waals surface area contributed by atoms with Crippen molar-refractivity contribution in [1.82, 2.24) is 14.7 Å². The van der Waals surface area contributed by atoms with E-state index in [1.165, 1.54) is 11.1 Å². The molecule has 5 heteroatoms. The molecule has 0 saturated heterocycles. The van der Waals surface area contributed by atoms with Crippen LogP contribution in [0.15, 0.2) is 53.5 Å². The van der Waals surface area contributed by atoms with Crippen LogP contribution in [-0.4, -0.2) is 27.1 Å². The number of thiophene rings is 1. The van der Waals surface area contributed by atoms with Crippen molar-refractivity contribution in [3.05, 3.63) is 75.7 Å². The Kier molecular flexibility index (Phi) is 3.50. The van der Waals surface area contributed by atoms with Gasteiger partial charge in [-0.15, -0.1) is 0 Å². The van der Waals surface area contributed by atoms with Crippen molar-refractivity contribution >= 4 is 17.2 Å². The standard InChI is InChI=1S/C18H17N3OS/c1-20-9-15(8-19-20)17-11-21(18(22)14-6-7-23-12-14)10-13-4-2-3-5-16(13)17/h2-9,12,17H,10-11H2,1H3/t17-/m0/s1. The second-order valence-corrected chi connectivity index (χ2v) is 6.68. The number of nitrogens with zero attached hydrogens (tertiary/aromatic N) is 3. The van der Waals surface area contributed by atoms with E-state index in [-0.39, 0.29) is 11.8 Å². The zero-order chi connectivity index (χ0) is 15.8. The minimum atomic E-state index is 0.106. The molecule has 0 radical (unpaired) electrons. The third kappa shape index (κ3) is 2.57. The number of carbonyl (C=O) groups is 1. The Bertz CT molecular complexity index is 838. The summed E-state index contributed by atoms with van der Waals surface area (Å²) in [6, 6.07) is 10.3. The van der Waals surface area contributed by atoms with Gasteiger partial charge in [0.15, 0.2) is 0 Å². The van der Waals surface area contributed by atoms with E-state index in [4.69, 9.17) is 0 Å². The highest BCUT2D eigenvalue weighted by Gasteiger charge is 2.30. The fraction of sp³-hybridized carbons (Fsp3) is 0.222. The highest BCUT2D eigenvalue weighted by atomic mass is 32.1. The summed E-state index contributed by atoms with van der Waals surface area (Å²) in [6.07, 6.45) is 3.94. The molecule has 1 amide bonds. The normalized spacial score (nSPS) is 17.1. The van der Waals surface area contributed by atoms with Crippen LogP contribution in [0.2, 0.25) is 0 Å². The first-order valence-electron chi connectivity index (χ1n) is 7.60. The molecule has 1 aliphatic rings. The highest BCUT2D eigenvalue weighted by molar-refractivity contribution is 7.08. The summed E-state index contributed by atoms with van der Waals surface area (Å²) in [5.74, 6) is 0.283. The molecule has 3 aromatic rings. The molecule has 0 aliphatic carbocycles. The van der Waals surface area contributed by atoms with Crippen LogP contribution in [0, 0.1) is 0 Å². The first kappa shape index (κ1) is 14.2. The maximum absolute atomic E-state index is 12.8. The van der Waals surface area contributed by atoms with Crippen LogP contribution in [0.1, 0.15) is 33.0 Å². The zero-order valence-corrected chi connectivity index (χ0v) is 13.7. The molecule has 0 spiro atoms. The number of fused-ring (bicyclic) bond motifs is 1. The lowest BCUT2D eigenvalue weighted by Crippen LogP contribution is -2.38. The van der Waals surface area contributed by atoms with Crippen LogP contribution in [-0.2, 0) is 13.6 Å². The number of aryl methyl sites for hydroxylation is 1. The van der Waals surface area contributed by atoms with E-state index in [2.05, 4.69) is 23.3 Å². The summed E-state index contributed by atoms with van der Waals surface area (Å²) in [5, 5.41) is 8.17. The highest BCUT2D eigenvalue weighted by Crippen LogP contribution is 2.33. The molecule has 3 heterocycles. The number of hydrogen-bond donors (Lipinski definition) is 0. The molecular formula is C18H17N3OS. The second kappa shape index (κ2) is 5.66. The number of hydrogen-bond acceptors (Lipinski definition) is 3. The molecule has 23 heavy (non-hydrogen) atoms. The van der Waals surface area contributed by atoms with Crippen LogP contribution in [0.5, 0.6) is 0 Å². The minimum absolute atomic E-state index is 0.106. The van der Waals surface area contributed by atoms with E-state index in [1.54, 1.807) is 11.3 Å². The van der Waals surface area contributed by atoms with Crippen molar-refractivity contribution in [2.75, 3.05) is 6.54 Å². The maximum Gasteiger partial charge on any atom is 0.255 e. The van der Waals surface area contributed by atoms with Crippen molar-refractivity contribution in [2.24, 2.45) is 7.05 Å². The van der Waals surface area contributed by atoms with Crippen LogP contribution >= 0.6 is 11.3 Å². The van der Waals surface area contributed by atoms with Crippen molar-refractivity contribution < 1.29 is 4.79 Å². The molecule has 0 unspecified atom stereocenters. The molecule has 2 aromatic heterocycles. The lowest BCUT2D eigenvalue weighted by atomic mass is 9.86. The van der Waals surface area contributed by atoms with Gasteiger partial charge in [-0.25, -0.2) is 0 Å². The number of carbonyl (C=O) groups excluding carboxylic acids is 1.